The number of carbonyl (C=O) groups excluding carboxylic acids is 1. The first-order valence-corrected chi connectivity index (χ1v) is 10.1. The zero-order chi connectivity index (χ0) is 21.2. The summed E-state index contributed by atoms with van der Waals surface area (Å²) in [5, 5.41) is 14.2. The topological polar surface area (TPSA) is 128 Å². The molecule has 1 amide bonds. The van der Waals surface area contributed by atoms with Crippen LogP contribution in [0.3, 0.4) is 0 Å². The maximum absolute atomic E-state index is 12.7. The quantitative estimate of drug-likeness (QED) is 0.602. The second-order valence-corrected chi connectivity index (χ2v) is 8.12. The van der Waals surface area contributed by atoms with Gasteiger partial charge in [-0.2, -0.15) is 4.68 Å². The van der Waals surface area contributed by atoms with Gasteiger partial charge in [-0.15, -0.1) is 5.10 Å². The molecule has 0 atom stereocenters. The molecule has 152 valence electrons. The summed E-state index contributed by atoms with van der Waals surface area (Å²) in [6.07, 6.45) is 0. The van der Waals surface area contributed by atoms with Crippen molar-refractivity contribution in [3.8, 4) is 11.4 Å². The molecule has 2 N–H and O–H groups in total. The highest BCUT2D eigenvalue weighted by Gasteiger charge is 2.18. The van der Waals surface area contributed by atoms with Gasteiger partial charge in [0.1, 0.15) is 11.4 Å². The van der Waals surface area contributed by atoms with Crippen LogP contribution >= 0.6 is 11.6 Å². The number of methoxy groups -OCH3 is 1. The number of ether oxygens (including phenoxy) is 1. The summed E-state index contributed by atoms with van der Waals surface area (Å²) < 4.78 is 33.0. The number of nitrogens with one attached hydrogen (secondary N) is 2. The van der Waals surface area contributed by atoms with Gasteiger partial charge in [0.2, 0.25) is 10.0 Å². The molecule has 1 heterocycles. The number of tetrazole rings is 1. The normalized spacial score (nSPS) is 11.3. The molecule has 1 aromatic heterocycles. The number of hydrogen-bond acceptors (Lipinski definition) is 7. The molecular weight excluding hydrogens is 420 g/mol. The molecule has 0 aliphatic rings. The number of anilines is 1. The van der Waals surface area contributed by atoms with Crippen molar-refractivity contribution in [2.24, 2.45) is 0 Å². The monoisotopic (exact) mass is 436 g/mol. The average molecular weight is 437 g/mol. The fourth-order valence-electron chi connectivity index (χ4n) is 2.55. The number of halogens is 1. The maximum atomic E-state index is 12.7. The van der Waals surface area contributed by atoms with E-state index in [2.05, 4.69) is 25.6 Å². The number of aryl methyl sites for hydroxylation is 1. The standard InChI is InChI=1S/C17H17ClN6O4S/c1-10-21-22-23-24(10)15-8-11(4-7-16(15)28-3)20-17(25)13-9-12(5-6-14(13)18)29(26,27)19-2/h4-9,19H,1-3H3,(H,20,25). The second-order valence-electron chi connectivity index (χ2n) is 5.83. The van der Waals surface area contributed by atoms with Gasteiger partial charge < -0.3 is 10.1 Å². The van der Waals surface area contributed by atoms with Crippen LogP contribution in [0, 0.1) is 6.92 Å². The van der Waals surface area contributed by atoms with E-state index in [0.717, 1.165) is 0 Å². The van der Waals surface area contributed by atoms with E-state index in [1.807, 2.05) is 0 Å². The number of amides is 1. The van der Waals surface area contributed by atoms with Crippen molar-refractivity contribution in [2.45, 2.75) is 11.8 Å². The van der Waals surface area contributed by atoms with Crippen LogP contribution in [0.5, 0.6) is 5.75 Å². The largest absolute Gasteiger partial charge is 0.494 e. The Kier molecular flexibility index (Phi) is 5.82. The Morgan fingerprint density at radius 1 is 1.21 bits per heavy atom. The summed E-state index contributed by atoms with van der Waals surface area (Å²) in [5.41, 5.74) is 0.947. The molecule has 0 unspecified atom stereocenters. The van der Waals surface area contributed by atoms with Crippen LogP contribution in [0.2, 0.25) is 5.02 Å². The first-order chi connectivity index (χ1) is 13.8. The van der Waals surface area contributed by atoms with E-state index < -0.39 is 15.9 Å². The van der Waals surface area contributed by atoms with Gasteiger partial charge in [-0.3, -0.25) is 4.79 Å². The van der Waals surface area contributed by atoms with Crippen molar-refractivity contribution >= 4 is 33.2 Å². The van der Waals surface area contributed by atoms with Gasteiger partial charge in [0.05, 0.1) is 22.6 Å². The van der Waals surface area contributed by atoms with Crippen LogP contribution in [0.4, 0.5) is 5.69 Å². The molecular formula is C17H17ClN6O4S. The van der Waals surface area contributed by atoms with Gasteiger partial charge in [-0.25, -0.2) is 13.1 Å². The predicted molar refractivity (Wildman–Crippen MR) is 106 cm³/mol. The van der Waals surface area contributed by atoms with Crippen molar-refractivity contribution in [1.82, 2.24) is 24.9 Å². The molecule has 10 nitrogen and oxygen atoms in total. The molecule has 2 aromatic carbocycles. The summed E-state index contributed by atoms with van der Waals surface area (Å²) in [6.45, 7) is 1.72. The Morgan fingerprint density at radius 2 is 1.97 bits per heavy atom. The van der Waals surface area contributed by atoms with E-state index in [1.54, 1.807) is 25.1 Å². The number of aromatic nitrogens is 4. The van der Waals surface area contributed by atoms with Crippen LogP contribution in [-0.2, 0) is 10.0 Å². The number of benzene rings is 2. The first kappa shape index (κ1) is 20.7. The Morgan fingerprint density at radius 3 is 2.59 bits per heavy atom. The Balaban J connectivity index is 1.96. The van der Waals surface area contributed by atoms with Gasteiger partial charge in [-0.1, -0.05) is 11.6 Å². The highest BCUT2D eigenvalue weighted by molar-refractivity contribution is 7.89. The molecule has 12 heteroatoms. The molecule has 0 bridgehead atoms. The van der Waals surface area contributed by atoms with E-state index in [1.165, 1.54) is 37.0 Å². The van der Waals surface area contributed by atoms with Crippen molar-refractivity contribution in [3.05, 3.63) is 52.8 Å². The van der Waals surface area contributed by atoms with Gasteiger partial charge in [0.25, 0.3) is 5.91 Å². The molecule has 29 heavy (non-hydrogen) atoms. The molecule has 0 saturated heterocycles. The minimum absolute atomic E-state index is 0.0129. The van der Waals surface area contributed by atoms with Crippen LogP contribution in [0.15, 0.2) is 41.3 Å². The molecule has 0 aliphatic carbocycles. The SMILES string of the molecule is CNS(=O)(=O)c1ccc(Cl)c(C(=O)Nc2ccc(OC)c(-n3nnnc3C)c2)c1. The Bertz CT molecular complexity index is 1180. The number of rotatable bonds is 6. The Hall–Kier alpha value is -3.02. The van der Waals surface area contributed by atoms with Crippen LogP contribution in [-0.4, -0.2) is 48.7 Å². The zero-order valence-electron chi connectivity index (χ0n) is 15.7. The van der Waals surface area contributed by atoms with E-state index in [0.29, 0.717) is 22.9 Å². The fourth-order valence-corrected chi connectivity index (χ4v) is 3.51. The highest BCUT2D eigenvalue weighted by Crippen LogP contribution is 2.27. The third-order valence-corrected chi connectivity index (χ3v) is 5.79. The third kappa shape index (κ3) is 4.21. The first-order valence-electron chi connectivity index (χ1n) is 8.24. The molecule has 0 radical (unpaired) electrons. The molecule has 0 saturated carbocycles. The second kappa shape index (κ2) is 8.15. The molecule has 0 fully saturated rings. The molecule has 3 rings (SSSR count). The lowest BCUT2D eigenvalue weighted by Crippen LogP contribution is -2.20. The van der Waals surface area contributed by atoms with Crippen molar-refractivity contribution < 1.29 is 17.9 Å². The summed E-state index contributed by atoms with van der Waals surface area (Å²) >= 11 is 6.10. The lowest BCUT2D eigenvalue weighted by atomic mass is 10.2. The zero-order valence-corrected chi connectivity index (χ0v) is 17.2. The summed E-state index contributed by atoms with van der Waals surface area (Å²) in [7, 11) is -0.939. The maximum Gasteiger partial charge on any atom is 0.257 e. The minimum Gasteiger partial charge on any atom is -0.494 e. The lowest BCUT2D eigenvalue weighted by molar-refractivity contribution is 0.102. The van der Waals surface area contributed by atoms with E-state index in [9.17, 15) is 13.2 Å². The van der Waals surface area contributed by atoms with Crippen LogP contribution in [0.25, 0.3) is 5.69 Å². The van der Waals surface area contributed by atoms with Gasteiger partial charge >= 0.3 is 0 Å². The molecule has 3 aromatic rings. The lowest BCUT2D eigenvalue weighted by Gasteiger charge is -2.13. The number of hydrogen-bond donors (Lipinski definition) is 2. The van der Waals surface area contributed by atoms with Crippen LogP contribution < -0.4 is 14.8 Å². The van der Waals surface area contributed by atoms with E-state index in [-0.39, 0.29) is 15.5 Å². The third-order valence-electron chi connectivity index (χ3n) is 4.05. The summed E-state index contributed by atoms with van der Waals surface area (Å²) in [5.74, 6) is 0.450. The van der Waals surface area contributed by atoms with Crippen molar-refractivity contribution in [1.29, 1.82) is 0 Å². The number of sulfonamides is 1. The van der Waals surface area contributed by atoms with Gasteiger partial charge in [0.15, 0.2) is 5.82 Å². The summed E-state index contributed by atoms with van der Waals surface area (Å²) in [6, 6.07) is 8.78. The summed E-state index contributed by atoms with van der Waals surface area (Å²) in [4.78, 5) is 12.7. The predicted octanol–water partition coefficient (Wildman–Crippen LogP) is 1.79. The smallest absolute Gasteiger partial charge is 0.257 e. The average Bonchev–Trinajstić information content (AvgIpc) is 3.13. The van der Waals surface area contributed by atoms with E-state index in [4.69, 9.17) is 16.3 Å². The number of carbonyl (C=O) groups is 1. The highest BCUT2D eigenvalue weighted by atomic mass is 35.5. The molecule has 0 aliphatic heterocycles. The van der Waals surface area contributed by atoms with Crippen LogP contribution in [0.1, 0.15) is 16.2 Å². The van der Waals surface area contributed by atoms with Gasteiger partial charge in [0, 0.05) is 5.69 Å². The Labute approximate surface area is 171 Å². The fraction of sp³-hybridized carbons (Fsp3) is 0.176. The van der Waals surface area contributed by atoms with E-state index >= 15 is 0 Å². The molecule has 0 spiro atoms. The van der Waals surface area contributed by atoms with Crippen molar-refractivity contribution in [2.75, 3.05) is 19.5 Å². The van der Waals surface area contributed by atoms with Gasteiger partial charge in [-0.05, 0) is 60.8 Å². The minimum atomic E-state index is -3.72. The van der Waals surface area contributed by atoms with Crippen molar-refractivity contribution in [3.63, 3.8) is 0 Å². The number of nitrogens with zero attached hydrogens (tertiary/aromatic N) is 4.